The zero-order chi connectivity index (χ0) is 11.1. The Morgan fingerprint density at radius 3 is 2.73 bits per heavy atom. The second-order valence-electron chi connectivity index (χ2n) is 4.84. The number of rotatable bonds is 1. The van der Waals surface area contributed by atoms with Crippen molar-refractivity contribution >= 4 is 11.2 Å². The Morgan fingerprint density at radius 1 is 1.40 bits per heavy atom. The molecule has 4 heteroatoms. The summed E-state index contributed by atoms with van der Waals surface area (Å²) in [5, 5.41) is 0. The van der Waals surface area contributed by atoms with Crippen LogP contribution in [-0.2, 0) is 0 Å². The van der Waals surface area contributed by atoms with Crippen LogP contribution in [0.2, 0.25) is 0 Å². The molecule has 0 amide bonds. The van der Waals surface area contributed by atoms with Gasteiger partial charge in [-0.1, -0.05) is 20.8 Å². The average molecular weight is 204 g/mol. The summed E-state index contributed by atoms with van der Waals surface area (Å²) < 4.78 is 0. The molecule has 2 rings (SSSR count). The first kappa shape index (κ1) is 10.1. The number of aromatic nitrogens is 3. The smallest absolute Gasteiger partial charge is 0.177 e. The highest BCUT2D eigenvalue weighted by Gasteiger charge is 2.25. The number of nitrogens with one attached hydrogen (secondary N) is 1. The van der Waals surface area contributed by atoms with Crippen LogP contribution in [0.15, 0.2) is 18.3 Å². The molecule has 80 valence electrons. The number of H-pyrrole nitrogens is 1. The van der Waals surface area contributed by atoms with Gasteiger partial charge in [-0.3, -0.25) is 0 Å². The first-order chi connectivity index (χ1) is 6.98. The average Bonchev–Trinajstić information content (AvgIpc) is 2.58. The van der Waals surface area contributed by atoms with Gasteiger partial charge in [0.1, 0.15) is 5.82 Å². The molecule has 0 aliphatic rings. The van der Waals surface area contributed by atoms with Gasteiger partial charge in [0.05, 0.1) is 11.6 Å². The largest absolute Gasteiger partial charge is 0.339 e. The topological polar surface area (TPSA) is 67.6 Å². The highest BCUT2D eigenvalue weighted by Crippen LogP contribution is 2.29. The lowest BCUT2D eigenvalue weighted by Gasteiger charge is -2.24. The first-order valence-electron chi connectivity index (χ1n) is 5.05. The van der Waals surface area contributed by atoms with E-state index in [1.165, 1.54) is 0 Å². The standard InChI is InChI=1S/C11H16N4/c1-11(2,3)8(12)10-14-7-5-4-6-13-9(7)15-10/h4-6,8H,12H2,1-3H3,(H,13,14,15). The van der Waals surface area contributed by atoms with Gasteiger partial charge in [-0.05, 0) is 17.5 Å². The molecule has 4 nitrogen and oxygen atoms in total. The predicted octanol–water partition coefficient (Wildman–Crippen LogP) is 2.00. The van der Waals surface area contributed by atoms with Gasteiger partial charge < -0.3 is 10.7 Å². The van der Waals surface area contributed by atoms with Gasteiger partial charge in [-0.25, -0.2) is 9.97 Å². The van der Waals surface area contributed by atoms with E-state index in [1.807, 2.05) is 12.1 Å². The van der Waals surface area contributed by atoms with E-state index in [2.05, 4.69) is 35.7 Å². The highest BCUT2D eigenvalue weighted by atomic mass is 15.0. The maximum absolute atomic E-state index is 6.11. The molecule has 1 atom stereocenters. The van der Waals surface area contributed by atoms with Crippen molar-refractivity contribution in [1.82, 2.24) is 15.0 Å². The predicted molar refractivity (Wildman–Crippen MR) is 60.3 cm³/mol. The lowest BCUT2D eigenvalue weighted by Crippen LogP contribution is -2.27. The van der Waals surface area contributed by atoms with E-state index >= 15 is 0 Å². The maximum atomic E-state index is 6.11. The number of pyridine rings is 1. The molecule has 1 unspecified atom stereocenters. The minimum Gasteiger partial charge on any atom is -0.339 e. The van der Waals surface area contributed by atoms with Crippen molar-refractivity contribution < 1.29 is 0 Å². The van der Waals surface area contributed by atoms with E-state index in [0.29, 0.717) is 0 Å². The molecule has 0 spiro atoms. The Kier molecular flexibility index (Phi) is 2.23. The highest BCUT2D eigenvalue weighted by molar-refractivity contribution is 5.70. The van der Waals surface area contributed by atoms with E-state index in [1.54, 1.807) is 6.20 Å². The number of nitrogens with two attached hydrogens (primary N) is 1. The summed E-state index contributed by atoms with van der Waals surface area (Å²) >= 11 is 0. The van der Waals surface area contributed by atoms with Crippen LogP contribution in [0, 0.1) is 5.41 Å². The molecule has 15 heavy (non-hydrogen) atoms. The second-order valence-corrected chi connectivity index (χ2v) is 4.84. The molecule has 0 bridgehead atoms. The summed E-state index contributed by atoms with van der Waals surface area (Å²) in [7, 11) is 0. The summed E-state index contributed by atoms with van der Waals surface area (Å²) in [4.78, 5) is 11.8. The van der Waals surface area contributed by atoms with Gasteiger partial charge in [-0.15, -0.1) is 0 Å². The van der Waals surface area contributed by atoms with Crippen LogP contribution < -0.4 is 5.73 Å². The Balaban J connectivity index is 2.45. The van der Waals surface area contributed by atoms with E-state index in [-0.39, 0.29) is 11.5 Å². The number of imidazole rings is 1. The summed E-state index contributed by atoms with van der Waals surface area (Å²) in [5.74, 6) is 0.802. The zero-order valence-corrected chi connectivity index (χ0v) is 9.28. The number of nitrogens with zero attached hydrogens (tertiary/aromatic N) is 2. The van der Waals surface area contributed by atoms with E-state index < -0.39 is 0 Å². The molecule has 2 heterocycles. The molecule has 0 aliphatic carbocycles. The van der Waals surface area contributed by atoms with Gasteiger partial charge in [0.25, 0.3) is 0 Å². The molecule has 0 radical (unpaired) electrons. The molecular formula is C11H16N4. The van der Waals surface area contributed by atoms with Crippen molar-refractivity contribution in [1.29, 1.82) is 0 Å². The van der Waals surface area contributed by atoms with Crippen LogP contribution in [-0.4, -0.2) is 15.0 Å². The van der Waals surface area contributed by atoms with Crippen molar-refractivity contribution in [2.75, 3.05) is 0 Å². The minimum atomic E-state index is -0.105. The molecule has 0 saturated carbocycles. The lowest BCUT2D eigenvalue weighted by atomic mass is 9.87. The molecule has 0 saturated heterocycles. The van der Waals surface area contributed by atoms with Crippen LogP contribution >= 0.6 is 0 Å². The van der Waals surface area contributed by atoms with Crippen molar-refractivity contribution in [2.45, 2.75) is 26.8 Å². The summed E-state index contributed by atoms with van der Waals surface area (Å²) in [6.45, 7) is 6.29. The van der Waals surface area contributed by atoms with Gasteiger partial charge in [0.2, 0.25) is 0 Å². The van der Waals surface area contributed by atoms with Crippen molar-refractivity contribution in [2.24, 2.45) is 11.1 Å². The third kappa shape index (κ3) is 1.85. The van der Waals surface area contributed by atoms with Gasteiger partial charge >= 0.3 is 0 Å². The van der Waals surface area contributed by atoms with Crippen LogP contribution in [0.25, 0.3) is 11.2 Å². The molecule has 0 aromatic carbocycles. The fourth-order valence-electron chi connectivity index (χ4n) is 1.42. The van der Waals surface area contributed by atoms with Crippen molar-refractivity contribution in [3.63, 3.8) is 0 Å². The molecule has 0 fully saturated rings. The van der Waals surface area contributed by atoms with Gasteiger partial charge in [0.15, 0.2) is 5.65 Å². The normalized spacial score (nSPS) is 14.4. The number of fused-ring (bicyclic) bond motifs is 1. The number of aromatic amines is 1. The van der Waals surface area contributed by atoms with Gasteiger partial charge in [-0.2, -0.15) is 0 Å². The van der Waals surface area contributed by atoms with E-state index in [4.69, 9.17) is 5.73 Å². The van der Waals surface area contributed by atoms with Crippen LogP contribution in [0.1, 0.15) is 32.6 Å². The van der Waals surface area contributed by atoms with Crippen molar-refractivity contribution in [3.05, 3.63) is 24.2 Å². The Labute approximate surface area is 88.9 Å². The molecular weight excluding hydrogens is 188 g/mol. The van der Waals surface area contributed by atoms with E-state index in [0.717, 1.165) is 17.0 Å². The Hall–Kier alpha value is -1.42. The van der Waals surface area contributed by atoms with E-state index in [9.17, 15) is 0 Å². The number of hydrogen-bond donors (Lipinski definition) is 2. The summed E-state index contributed by atoms with van der Waals surface area (Å²) in [5.41, 5.74) is 7.77. The Morgan fingerprint density at radius 2 is 2.13 bits per heavy atom. The Bertz CT molecular complexity index is 434. The third-order valence-corrected chi connectivity index (χ3v) is 2.50. The molecule has 0 aliphatic heterocycles. The number of hydrogen-bond acceptors (Lipinski definition) is 3. The van der Waals surface area contributed by atoms with Crippen molar-refractivity contribution in [3.8, 4) is 0 Å². The fourth-order valence-corrected chi connectivity index (χ4v) is 1.42. The third-order valence-electron chi connectivity index (χ3n) is 2.50. The molecule has 2 aromatic heterocycles. The molecule has 2 aromatic rings. The monoisotopic (exact) mass is 204 g/mol. The zero-order valence-electron chi connectivity index (χ0n) is 9.28. The SMILES string of the molecule is CC(C)(C)C(N)c1nc2ncccc2[nH]1. The lowest BCUT2D eigenvalue weighted by molar-refractivity contribution is 0.317. The van der Waals surface area contributed by atoms with Gasteiger partial charge in [0, 0.05) is 6.20 Å². The van der Waals surface area contributed by atoms with Crippen LogP contribution in [0.3, 0.4) is 0 Å². The summed E-state index contributed by atoms with van der Waals surface area (Å²) in [6.07, 6.45) is 1.73. The first-order valence-corrected chi connectivity index (χ1v) is 5.05. The van der Waals surface area contributed by atoms with Crippen LogP contribution in [0.4, 0.5) is 0 Å². The quantitative estimate of drug-likeness (QED) is 0.746. The summed E-state index contributed by atoms with van der Waals surface area (Å²) in [6, 6.07) is 3.73. The fraction of sp³-hybridized carbons (Fsp3) is 0.455. The second kappa shape index (κ2) is 3.31. The maximum Gasteiger partial charge on any atom is 0.177 e. The molecule has 3 N–H and O–H groups in total. The van der Waals surface area contributed by atoms with Crippen LogP contribution in [0.5, 0.6) is 0 Å². The minimum absolute atomic E-state index is 0.00608.